The Morgan fingerprint density at radius 2 is 2.00 bits per heavy atom. The van der Waals surface area contributed by atoms with Crippen LogP contribution in [0.5, 0.6) is 0 Å². The number of hydrogen-bond acceptors (Lipinski definition) is 5. The smallest absolute Gasteiger partial charge is 0.292 e. The first-order valence-corrected chi connectivity index (χ1v) is 10.2. The van der Waals surface area contributed by atoms with Gasteiger partial charge in [-0.1, -0.05) is 0 Å². The van der Waals surface area contributed by atoms with Crippen molar-refractivity contribution in [2.45, 2.75) is 70.7 Å². The molecular formula is C22H26N4O3. The standard InChI is InChI=1S/C22H26N4O3/c1-13-8-16-6-7-23-11-19(16)25(13)12-22(28)9-17-4-5-18(10-22)26(17)21(27)20-14(2)24-15(3)29-20/h6-8,11,17-18,28H,4-5,9-10,12H2,1-3H3. The highest BCUT2D eigenvalue weighted by Gasteiger charge is 2.50. The fourth-order valence-electron chi connectivity index (χ4n) is 5.37. The van der Waals surface area contributed by atoms with E-state index in [9.17, 15) is 9.90 Å². The molecule has 7 nitrogen and oxygen atoms in total. The van der Waals surface area contributed by atoms with E-state index in [2.05, 4.69) is 27.5 Å². The molecule has 0 aromatic carbocycles. The number of fused-ring (bicyclic) bond motifs is 3. The van der Waals surface area contributed by atoms with Crippen LogP contribution >= 0.6 is 0 Å². The van der Waals surface area contributed by atoms with Gasteiger partial charge in [0.2, 0.25) is 5.76 Å². The van der Waals surface area contributed by atoms with Gasteiger partial charge in [0.1, 0.15) is 0 Å². The van der Waals surface area contributed by atoms with Gasteiger partial charge < -0.3 is 19.0 Å². The van der Waals surface area contributed by atoms with Crippen LogP contribution in [0.2, 0.25) is 0 Å². The molecule has 3 aromatic heterocycles. The molecule has 152 valence electrons. The molecule has 1 amide bonds. The third kappa shape index (κ3) is 2.95. The van der Waals surface area contributed by atoms with Crippen LogP contribution in [0.25, 0.3) is 10.9 Å². The zero-order valence-corrected chi connectivity index (χ0v) is 17.1. The Hall–Kier alpha value is -2.67. The molecule has 29 heavy (non-hydrogen) atoms. The molecule has 3 aromatic rings. The summed E-state index contributed by atoms with van der Waals surface area (Å²) in [5.74, 6) is 0.753. The van der Waals surface area contributed by atoms with Crippen LogP contribution in [0, 0.1) is 20.8 Å². The Bertz CT molecular complexity index is 1080. The number of hydrogen-bond donors (Lipinski definition) is 1. The van der Waals surface area contributed by atoms with E-state index >= 15 is 0 Å². The van der Waals surface area contributed by atoms with Crippen molar-refractivity contribution >= 4 is 16.8 Å². The van der Waals surface area contributed by atoms with Gasteiger partial charge in [-0.2, -0.15) is 0 Å². The van der Waals surface area contributed by atoms with Crippen molar-refractivity contribution in [3.63, 3.8) is 0 Å². The van der Waals surface area contributed by atoms with Gasteiger partial charge >= 0.3 is 0 Å². The summed E-state index contributed by atoms with van der Waals surface area (Å²) < 4.78 is 7.73. The minimum absolute atomic E-state index is 0.0244. The average molecular weight is 394 g/mol. The Morgan fingerprint density at radius 1 is 1.28 bits per heavy atom. The van der Waals surface area contributed by atoms with E-state index < -0.39 is 5.60 Å². The lowest BCUT2D eigenvalue weighted by molar-refractivity contribution is -0.0542. The fraction of sp³-hybridized carbons (Fsp3) is 0.500. The highest BCUT2D eigenvalue weighted by molar-refractivity contribution is 5.93. The van der Waals surface area contributed by atoms with Crippen molar-refractivity contribution < 1.29 is 14.3 Å². The number of aryl methyl sites for hydroxylation is 3. The van der Waals surface area contributed by atoms with Crippen LogP contribution in [0.15, 0.2) is 28.9 Å². The van der Waals surface area contributed by atoms with Crippen LogP contribution in [-0.4, -0.2) is 48.1 Å². The summed E-state index contributed by atoms with van der Waals surface area (Å²) in [6, 6.07) is 4.17. The van der Waals surface area contributed by atoms with E-state index in [1.54, 1.807) is 20.0 Å². The zero-order chi connectivity index (χ0) is 20.3. The Balaban J connectivity index is 1.41. The van der Waals surface area contributed by atoms with Crippen LogP contribution in [-0.2, 0) is 6.54 Å². The second-order valence-corrected chi connectivity index (χ2v) is 8.68. The molecular weight excluding hydrogens is 368 g/mol. The number of pyridine rings is 1. The molecule has 0 saturated carbocycles. The van der Waals surface area contributed by atoms with E-state index in [4.69, 9.17) is 4.42 Å². The topological polar surface area (TPSA) is 84.4 Å². The number of rotatable bonds is 3. The molecule has 0 radical (unpaired) electrons. The lowest BCUT2D eigenvalue weighted by Crippen LogP contribution is -2.54. The molecule has 2 saturated heterocycles. The molecule has 2 aliphatic rings. The van der Waals surface area contributed by atoms with Crippen molar-refractivity contribution in [2.24, 2.45) is 0 Å². The van der Waals surface area contributed by atoms with Crippen LogP contribution in [0.1, 0.15) is 53.5 Å². The number of nitrogens with zero attached hydrogens (tertiary/aromatic N) is 4. The lowest BCUT2D eigenvalue weighted by atomic mass is 9.85. The van der Waals surface area contributed by atoms with Gasteiger partial charge in [0.15, 0.2) is 5.89 Å². The number of carbonyl (C=O) groups excluding carboxylic acids is 1. The summed E-state index contributed by atoms with van der Waals surface area (Å²) in [7, 11) is 0. The van der Waals surface area contributed by atoms with Gasteiger partial charge in [-0.25, -0.2) is 4.98 Å². The maximum atomic E-state index is 13.1. The number of carbonyl (C=O) groups is 1. The van der Waals surface area contributed by atoms with E-state index in [0.29, 0.717) is 36.7 Å². The summed E-state index contributed by atoms with van der Waals surface area (Å²) in [4.78, 5) is 23.6. The summed E-state index contributed by atoms with van der Waals surface area (Å²) in [5.41, 5.74) is 1.94. The third-order valence-electron chi connectivity index (χ3n) is 6.55. The molecule has 2 atom stereocenters. The predicted octanol–water partition coefficient (Wildman–Crippen LogP) is 3.15. The normalized spacial score (nSPS) is 26.4. The van der Waals surface area contributed by atoms with E-state index in [-0.39, 0.29) is 18.0 Å². The van der Waals surface area contributed by atoms with Gasteiger partial charge in [0.25, 0.3) is 5.91 Å². The van der Waals surface area contributed by atoms with Crippen LogP contribution < -0.4 is 0 Å². The van der Waals surface area contributed by atoms with Gasteiger partial charge in [0.05, 0.1) is 29.6 Å². The molecule has 2 fully saturated rings. The maximum absolute atomic E-state index is 13.1. The fourth-order valence-corrected chi connectivity index (χ4v) is 5.37. The molecule has 2 aliphatic heterocycles. The number of aliphatic hydroxyl groups is 1. The summed E-state index contributed by atoms with van der Waals surface area (Å²) >= 11 is 0. The predicted molar refractivity (Wildman–Crippen MR) is 108 cm³/mol. The van der Waals surface area contributed by atoms with Crippen molar-refractivity contribution in [1.82, 2.24) is 19.4 Å². The van der Waals surface area contributed by atoms with Gasteiger partial charge in [-0.05, 0) is 51.7 Å². The molecule has 0 aliphatic carbocycles. The molecule has 5 rings (SSSR count). The van der Waals surface area contributed by atoms with Crippen LogP contribution in [0.3, 0.4) is 0 Å². The molecule has 2 unspecified atom stereocenters. The summed E-state index contributed by atoms with van der Waals surface area (Å²) in [6.45, 7) is 6.14. The first-order chi connectivity index (χ1) is 13.8. The lowest BCUT2D eigenvalue weighted by Gasteiger charge is -2.44. The second-order valence-electron chi connectivity index (χ2n) is 8.68. The van der Waals surface area contributed by atoms with Gasteiger partial charge in [-0.15, -0.1) is 0 Å². The monoisotopic (exact) mass is 394 g/mol. The molecule has 2 bridgehead atoms. The van der Waals surface area contributed by atoms with Crippen LogP contribution in [0.4, 0.5) is 0 Å². The summed E-state index contributed by atoms with van der Waals surface area (Å²) in [6.07, 6.45) is 6.61. The number of amides is 1. The highest BCUT2D eigenvalue weighted by Crippen LogP contribution is 2.43. The first kappa shape index (κ1) is 18.4. The molecule has 0 spiro atoms. The number of aromatic nitrogens is 3. The summed E-state index contributed by atoms with van der Waals surface area (Å²) in [5, 5.41) is 12.7. The zero-order valence-electron chi connectivity index (χ0n) is 17.1. The highest BCUT2D eigenvalue weighted by atomic mass is 16.4. The van der Waals surface area contributed by atoms with Crippen molar-refractivity contribution in [1.29, 1.82) is 0 Å². The minimum Gasteiger partial charge on any atom is -0.436 e. The van der Waals surface area contributed by atoms with Crippen molar-refractivity contribution in [3.8, 4) is 0 Å². The van der Waals surface area contributed by atoms with E-state index in [0.717, 1.165) is 29.4 Å². The quantitative estimate of drug-likeness (QED) is 0.738. The molecule has 1 N–H and O–H groups in total. The SMILES string of the molecule is Cc1nc(C)c(C(=O)N2C3CCC2CC(O)(Cn2c(C)cc4ccncc42)C3)o1. The number of oxazole rings is 1. The Morgan fingerprint density at radius 3 is 2.66 bits per heavy atom. The Labute approximate surface area is 169 Å². The van der Waals surface area contributed by atoms with E-state index in [1.165, 1.54) is 0 Å². The van der Waals surface area contributed by atoms with Crippen molar-refractivity contribution in [3.05, 3.63) is 47.6 Å². The minimum atomic E-state index is -0.846. The largest absolute Gasteiger partial charge is 0.436 e. The van der Waals surface area contributed by atoms with Gasteiger partial charge in [0, 0.05) is 36.3 Å². The van der Waals surface area contributed by atoms with E-state index in [1.807, 2.05) is 17.2 Å². The molecule has 5 heterocycles. The first-order valence-electron chi connectivity index (χ1n) is 10.2. The second kappa shape index (κ2) is 6.42. The van der Waals surface area contributed by atoms with Crippen molar-refractivity contribution in [2.75, 3.05) is 0 Å². The van der Waals surface area contributed by atoms with Gasteiger partial charge in [-0.3, -0.25) is 9.78 Å². The number of piperidine rings is 1. The Kier molecular flexibility index (Phi) is 4.07. The average Bonchev–Trinajstić information content (AvgIpc) is 3.27. The maximum Gasteiger partial charge on any atom is 0.292 e. The molecule has 7 heteroatoms. The third-order valence-corrected chi connectivity index (χ3v) is 6.55.